The Morgan fingerprint density at radius 1 is 1.32 bits per heavy atom. The molecular formula is C15H16N2OS. The Morgan fingerprint density at radius 3 is 2.79 bits per heavy atom. The number of carbonyl (C=O) groups is 1. The van der Waals surface area contributed by atoms with E-state index in [4.69, 9.17) is 0 Å². The second kappa shape index (κ2) is 6.85. The third-order valence-corrected chi connectivity index (χ3v) is 3.71. The van der Waals surface area contributed by atoms with Gasteiger partial charge >= 0.3 is 0 Å². The summed E-state index contributed by atoms with van der Waals surface area (Å²) in [6, 6.07) is 12.0. The van der Waals surface area contributed by atoms with Gasteiger partial charge in [0.05, 0.1) is 6.21 Å². The predicted molar refractivity (Wildman–Crippen MR) is 79.6 cm³/mol. The molecule has 0 atom stereocenters. The molecule has 3 nitrogen and oxygen atoms in total. The standard InChI is InChI=1S/C15H16N2OS/c1-12-9-10-19-14(12)11-16-17-15(18)8-7-13-5-3-2-4-6-13/h2-6,9-11H,7-8H2,1H3,(H,17,18). The van der Waals surface area contributed by atoms with Gasteiger partial charge < -0.3 is 0 Å². The Kier molecular flexibility index (Phi) is 4.86. The molecule has 0 fully saturated rings. The van der Waals surface area contributed by atoms with Gasteiger partial charge in [-0.15, -0.1) is 11.3 Å². The lowest BCUT2D eigenvalue weighted by atomic mass is 10.1. The lowest BCUT2D eigenvalue weighted by molar-refractivity contribution is -0.121. The van der Waals surface area contributed by atoms with Gasteiger partial charge in [0.1, 0.15) is 0 Å². The highest BCUT2D eigenvalue weighted by atomic mass is 32.1. The topological polar surface area (TPSA) is 41.5 Å². The molecule has 0 aliphatic carbocycles. The lowest BCUT2D eigenvalue weighted by Crippen LogP contribution is -2.17. The second-order valence-corrected chi connectivity index (χ2v) is 5.19. The van der Waals surface area contributed by atoms with Crippen LogP contribution in [-0.2, 0) is 11.2 Å². The SMILES string of the molecule is Cc1ccsc1C=NNC(=O)CCc1ccccc1. The molecule has 0 aliphatic rings. The van der Waals surface area contributed by atoms with Gasteiger partial charge in [-0.1, -0.05) is 30.3 Å². The zero-order valence-electron chi connectivity index (χ0n) is 10.8. The summed E-state index contributed by atoms with van der Waals surface area (Å²) >= 11 is 1.61. The van der Waals surface area contributed by atoms with Crippen molar-refractivity contribution in [1.82, 2.24) is 5.43 Å². The number of nitrogens with one attached hydrogen (secondary N) is 1. The fourth-order valence-electron chi connectivity index (χ4n) is 1.64. The van der Waals surface area contributed by atoms with Gasteiger partial charge in [-0.05, 0) is 35.9 Å². The minimum atomic E-state index is -0.0608. The number of hydrogen-bond donors (Lipinski definition) is 1. The van der Waals surface area contributed by atoms with Gasteiger partial charge in [-0.3, -0.25) is 4.79 Å². The monoisotopic (exact) mass is 272 g/mol. The fraction of sp³-hybridized carbons (Fsp3) is 0.200. The Bertz CT molecular complexity index is 561. The maximum absolute atomic E-state index is 11.6. The van der Waals surface area contributed by atoms with Crippen molar-refractivity contribution in [2.75, 3.05) is 0 Å². The highest BCUT2D eigenvalue weighted by Crippen LogP contribution is 2.12. The van der Waals surface area contributed by atoms with Crippen LogP contribution in [0.4, 0.5) is 0 Å². The second-order valence-electron chi connectivity index (χ2n) is 4.25. The van der Waals surface area contributed by atoms with E-state index in [1.54, 1.807) is 17.6 Å². The van der Waals surface area contributed by atoms with Crippen LogP contribution < -0.4 is 5.43 Å². The van der Waals surface area contributed by atoms with Crippen molar-refractivity contribution in [3.8, 4) is 0 Å². The van der Waals surface area contributed by atoms with Crippen molar-refractivity contribution in [3.05, 3.63) is 57.8 Å². The summed E-state index contributed by atoms with van der Waals surface area (Å²) in [7, 11) is 0. The van der Waals surface area contributed by atoms with Crippen LogP contribution in [0, 0.1) is 6.92 Å². The lowest BCUT2D eigenvalue weighted by Gasteiger charge is -2.00. The molecule has 98 valence electrons. The Balaban J connectivity index is 1.76. The van der Waals surface area contributed by atoms with Crippen LogP contribution in [0.25, 0.3) is 0 Å². The van der Waals surface area contributed by atoms with E-state index in [9.17, 15) is 4.79 Å². The van der Waals surface area contributed by atoms with Gasteiger partial charge in [-0.2, -0.15) is 5.10 Å². The fourth-order valence-corrected chi connectivity index (χ4v) is 2.42. The van der Waals surface area contributed by atoms with Crippen LogP contribution in [0.15, 0.2) is 46.9 Å². The summed E-state index contributed by atoms with van der Waals surface area (Å²) in [5.41, 5.74) is 4.89. The molecule has 0 unspecified atom stereocenters. The first-order chi connectivity index (χ1) is 9.25. The molecule has 19 heavy (non-hydrogen) atoms. The molecule has 1 aromatic carbocycles. The number of thiophene rings is 1. The Morgan fingerprint density at radius 2 is 2.11 bits per heavy atom. The van der Waals surface area contributed by atoms with E-state index in [2.05, 4.69) is 10.5 Å². The molecule has 1 N–H and O–H groups in total. The summed E-state index contributed by atoms with van der Waals surface area (Å²) < 4.78 is 0. The molecule has 1 amide bonds. The first-order valence-corrected chi connectivity index (χ1v) is 7.03. The van der Waals surface area contributed by atoms with Gasteiger partial charge in [0, 0.05) is 11.3 Å². The number of aryl methyl sites for hydroxylation is 2. The van der Waals surface area contributed by atoms with Crippen LogP contribution in [0.5, 0.6) is 0 Å². The van der Waals surface area contributed by atoms with E-state index in [1.165, 1.54) is 5.56 Å². The van der Waals surface area contributed by atoms with E-state index >= 15 is 0 Å². The molecule has 2 rings (SSSR count). The van der Waals surface area contributed by atoms with E-state index in [-0.39, 0.29) is 5.91 Å². The number of hydrogen-bond acceptors (Lipinski definition) is 3. The van der Waals surface area contributed by atoms with Crippen LogP contribution in [0.2, 0.25) is 0 Å². The first-order valence-electron chi connectivity index (χ1n) is 6.15. The summed E-state index contributed by atoms with van der Waals surface area (Å²) in [5.74, 6) is -0.0608. The summed E-state index contributed by atoms with van der Waals surface area (Å²) in [6.07, 6.45) is 2.88. The molecule has 1 aromatic heterocycles. The molecular weight excluding hydrogens is 256 g/mol. The van der Waals surface area contributed by atoms with Gasteiger partial charge in [0.25, 0.3) is 0 Å². The summed E-state index contributed by atoms with van der Waals surface area (Å²) in [4.78, 5) is 12.7. The zero-order chi connectivity index (χ0) is 13.5. The van der Waals surface area contributed by atoms with Crippen molar-refractivity contribution >= 4 is 23.5 Å². The minimum Gasteiger partial charge on any atom is -0.273 e. The van der Waals surface area contributed by atoms with Crippen molar-refractivity contribution in [3.63, 3.8) is 0 Å². The average molecular weight is 272 g/mol. The minimum absolute atomic E-state index is 0.0608. The largest absolute Gasteiger partial charge is 0.273 e. The van der Waals surface area contributed by atoms with Crippen molar-refractivity contribution in [2.45, 2.75) is 19.8 Å². The van der Waals surface area contributed by atoms with Crippen LogP contribution in [0.3, 0.4) is 0 Å². The Hall–Kier alpha value is -1.94. The van der Waals surface area contributed by atoms with Crippen molar-refractivity contribution in [1.29, 1.82) is 0 Å². The zero-order valence-corrected chi connectivity index (χ0v) is 11.6. The Labute approximate surface area is 117 Å². The molecule has 0 aliphatic heterocycles. The van der Waals surface area contributed by atoms with E-state index in [0.29, 0.717) is 6.42 Å². The van der Waals surface area contributed by atoms with Crippen LogP contribution >= 0.6 is 11.3 Å². The third-order valence-electron chi connectivity index (χ3n) is 2.76. The molecule has 0 saturated carbocycles. The third kappa shape index (κ3) is 4.34. The van der Waals surface area contributed by atoms with Crippen molar-refractivity contribution < 1.29 is 4.79 Å². The first kappa shape index (κ1) is 13.5. The smallest absolute Gasteiger partial charge is 0.240 e. The molecule has 0 saturated heterocycles. The molecule has 0 bridgehead atoms. The van der Waals surface area contributed by atoms with Gasteiger partial charge in [-0.25, -0.2) is 5.43 Å². The molecule has 1 heterocycles. The number of nitrogens with zero attached hydrogens (tertiary/aromatic N) is 1. The number of hydrazone groups is 1. The quantitative estimate of drug-likeness (QED) is 0.659. The van der Waals surface area contributed by atoms with Gasteiger partial charge in [0.15, 0.2) is 0 Å². The number of carbonyl (C=O) groups excluding carboxylic acids is 1. The van der Waals surface area contributed by atoms with Gasteiger partial charge in [0.2, 0.25) is 5.91 Å². The molecule has 0 radical (unpaired) electrons. The average Bonchev–Trinajstić information content (AvgIpc) is 2.83. The van der Waals surface area contributed by atoms with Crippen LogP contribution in [-0.4, -0.2) is 12.1 Å². The number of rotatable bonds is 5. The highest BCUT2D eigenvalue weighted by Gasteiger charge is 2.00. The van der Waals surface area contributed by atoms with E-state index < -0.39 is 0 Å². The highest BCUT2D eigenvalue weighted by molar-refractivity contribution is 7.11. The molecule has 2 aromatic rings. The number of benzene rings is 1. The normalized spacial score (nSPS) is 10.8. The maximum atomic E-state index is 11.6. The molecule has 0 spiro atoms. The van der Waals surface area contributed by atoms with Crippen molar-refractivity contribution in [2.24, 2.45) is 5.10 Å². The number of amides is 1. The molecule has 4 heteroatoms. The van der Waals surface area contributed by atoms with Crippen LogP contribution in [0.1, 0.15) is 22.4 Å². The summed E-state index contributed by atoms with van der Waals surface area (Å²) in [6.45, 7) is 2.02. The maximum Gasteiger partial charge on any atom is 0.240 e. The predicted octanol–water partition coefficient (Wildman–Crippen LogP) is 3.14. The van der Waals surface area contributed by atoms with E-state index in [1.807, 2.05) is 48.7 Å². The van der Waals surface area contributed by atoms with E-state index in [0.717, 1.165) is 16.9 Å². The summed E-state index contributed by atoms with van der Waals surface area (Å²) in [5, 5.41) is 5.98.